The van der Waals surface area contributed by atoms with Gasteiger partial charge in [-0.3, -0.25) is 4.79 Å². The van der Waals surface area contributed by atoms with Gasteiger partial charge in [0.15, 0.2) is 0 Å². The second-order valence-electron chi connectivity index (χ2n) is 4.09. The maximum absolute atomic E-state index is 12.4. The average Bonchev–Trinajstić information content (AvgIpc) is 2.90. The maximum atomic E-state index is 12.4. The molecule has 1 aromatic heterocycles. The number of halogens is 3. The smallest absolute Gasteiger partial charge is 0.352 e. The number of hydrogen-bond donors (Lipinski definition) is 2. The number of carbonyl (C=O) groups excluding carboxylic acids is 1. The van der Waals surface area contributed by atoms with E-state index >= 15 is 0 Å². The molecule has 21 heavy (non-hydrogen) atoms. The van der Waals surface area contributed by atoms with Crippen molar-refractivity contribution >= 4 is 17.7 Å². The van der Waals surface area contributed by atoms with Gasteiger partial charge in [-0.2, -0.15) is 13.2 Å². The van der Waals surface area contributed by atoms with Gasteiger partial charge in [0.25, 0.3) is 5.91 Å². The zero-order valence-electron chi connectivity index (χ0n) is 10.8. The number of nitrogens with zero attached hydrogens (tertiary/aromatic N) is 1. The predicted octanol–water partition coefficient (Wildman–Crippen LogP) is 2.99. The second-order valence-corrected chi connectivity index (χ2v) is 5.19. The van der Waals surface area contributed by atoms with E-state index in [2.05, 4.69) is 15.3 Å². The van der Waals surface area contributed by atoms with Crippen molar-refractivity contribution in [1.29, 1.82) is 0 Å². The van der Waals surface area contributed by atoms with Crippen molar-refractivity contribution in [2.24, 2.45) is 0 Å². The van der Waals surface area contributed by atoms with Gasteiger partial charge in [-0.25, -0.2) is 4.98 Å². The molecule has 2 aromatic rings. The van der Waals surface area contributed by atoms with Crippen LogP contribution in [0.3, 0.4) is 0 Å². The van der Waals surface area contributed by atoms with Crippen molar-refractivity contribution in [2.45, 2.75) is 16.8 Å². The number of aromatic nitrogens is 2. The van der Waals surface area contributed by atoms with E-state index in [0.717, 1.165) is 0 Å². The molecule has 0 fully saturated rings. The standard InChI is InChI=1S/C13H12F3N3OS/c14-13(15,16)21-10-4-2-1-3-9(10)12(20)19-6-5-11-17-7-8-18-11/h1-4,7-8H,5-6H2,(H,17,18)(H,19,20). The van der Waals surface area contributed by atoms with E-state index in [1.807, 2.05) is 0 Å². The van der Waals surface area contributed by atoms with Crippen LogP contribution in [-0.4, -0.2) is 27.9 Å². The van der Waals surface area contributed by atoms with E-state index in [1.54, 1.807) is 12.4 Å². The number of thioether (sulfide) groups is 1. The summed E-state index contributed by atoms with van der Waals surface area (Å²) in [6, 6.07) is 5.64. The minimum Gasteiger partial charge on any atom is -0.352 e. The normalized spacial score (nSPS) is 11.4. The van der Waals surface area contributed by atoms with Crippen molar-refractivity contribution in [2.75, 3.05) is 6.54 Å². The summed E-state index contributed by atoms with van der Waals surface area (Å²) in [5.74, 6) is 0.169. The molecule has 0 aliphatic carbocycles. The first kappa shape index (κ1) is 15.4. The Kier molecular flexibility index (Phi) is 4.89. The summed E-state index contributed by atoms with van der Waals surface area (Å²) in [5, 5.41) is 2.58. The largest absolute Gasteiger partial charge is 0.446 e. The molecule has 0 atom stereocenters. The first-order chi connectivity index (χ1) is 9.96. The molecule has 1 aromatic carbocycles. The number of H-pyrrole nitrogens is 1. The highest BCUT2D eigenvalue weighted by molar-refractivity contribution is 8.00. The number of rotatable bonds is 5. The van der Waals surface area contributed by atoms with Crippen molar-refractivity contribution in [3.8, 4) is 0 Å². The molecular weight excluding hydrogens is 303 g/mol. The summed E-state index contributed by atoms with van der Waals surface area (Å²) in [4.78, 5) is 18.7. The number of imidazole rings is 1. The van der Waals surface area contributed by atoms with Gasteiger partial charge in [0.1, 0.15) is 5.82 Å². The van der Waals surface area contributed by atoms with Crippen LogP contribution in [0.25, 0.3) is 0 Å². The molecule has 0 saturated carbocycles. The van der Waals surface area contributed by atoms with Crippen LogP contribution >= 0.6 is 11.8 Å². The SMILES string of the molecule is O=C(NCCc1ncc[nH]1)c1ccccc1SC(F)(F)F. The third kappa shape index (κ3) is 4.82. The number of benzene rings is 1. The Balaban J connectivity index is 1.98. The highest BCUT2D eigenvalue weighted by Gasteiger charge is 2.31. The number of amides is 1. The van der Waals surface area contributed by atoms with E-state index in [4.69, 9.17) is 0 Å². The number of carbonyl (C=O) groups is 1. The first-order valence-corrected chi connectivity index (χ1v) is 6.88. The fourth-order valence-electron chi connectivity index (χ4n) is 1.69. The predicted molar refractivity (Wildman–Crippen MR) is 73.0 cm³/mol. The zero-order valence-corrected chi connectivity index (χ0v) is 11.6. The molecule has 0 aliphatic heterocycles. The lowest BCUT2D eigenvalue weighted by Gasteiger charge is -2.11. The molecule has 2 rings (SSSR count). The van der Waals surface area contributed by atoms with Crippen LogP contribution in [-0.2, 0) is 6.42 Å². The van der Waals surface area contributed by atoms with Crippen molar-refractivity contribution < 1.29 is 18.0 Å². The van der Waals surface area contributed by atoms with E-state index in [0.29, 0.717) is 12.2 Å². The molecule has 1 heterocycles. The maximum Gasteiger partial charge on any atom is 0.446 e. The van der Waals surface area contributed by atoms with Crippen molar-refractivity contribution in [1.82, 2.24) is 15.3 Å². The Morgan fingerprint density at radius 3 is 2.76 bits per heavy atom. The topological polar surface area (TPSA) is 57.8 Å². The van der Waals surface area contributed by atoms with Crippen LogP contribution in [0, 0.1) is 0 Å². The number of alkyl halides is 3. The Hall–Kier alpha value is -1.96. The van der Waals surface area contributed by atoms with Crippen LogP contribution in [0.2, 0.25) is 0 Å². The quantitative estimate of drug-likeness (QED) is 0.834. The fraction of sp³-hybridized carbons (Fsp3) is 0.231. The fourth-order valence-corrected chi connectivity index (χ4v) is 2.36. The lowest BCUT2D eigenvalue weighted by Crippen LogP contribution is -2.26. The zero-order chi connectivity index (χ0) is 15.3. The highest BCUT2D eigenvalue weighted by Crippen LogP contribution is 2.38. The van der Waals surface area contributed by atoms with Gasteiger partial charge in [0.2, 0.25) is 0 Å². The molecule has 0 spiro atoms. The molecule has 0 saturated heterocycles. The van der Waals surface area contributed by atoms with Gasteiger partial charge in [-0.05, 0) is 23.9 Å². The van der Waals surface area contributed by atoms with Crippen LogP contribution in [0.4, 0.5) is 13.2 Å². The van der Waals surface area contributed by atoms with E-state index in [9.17, 15) is 18.0 Å². The van der Waals surface area contributed by atoms with E-state index in [-0.39, 0.29) is 28.8 Å². The number of nitrogens with one attached hydrogen (secondary N) is 2. The molecule has 1 amide bonds. The van der Waals surface area contributed by atoms with E-state index in [1.165, 1.54) is 24.3 Å². The Labute approximate surface area is 123 Å². The molecule has 0 aliphatic rings. The number of aromatic amines is 1. The van der Waals surface area contributed by atoms with Crippen molar-refractivity contribution in [3.05, 3.63) is 48.0 Å². The van der Waals surface area contributed by atoms with Gasteiger partial charge < -0.3 is 10.3 Å². The molecule has 2 N–H and O–H groups in total. The first-order valence-electron chi connectivity index (χ1n) is 6.07. The third-order valence-corrected chi connectivity index (χ3v) is 3.37. The van der Waals surface area contributed by atoms with Crippen molar-refractivity contribution in [3.63, 3.8) is 0 Å². The van der Waals surface area contributed by atoms with Gasteiger partial charge in [0, 0.05) is 30.3 Å². The monoisotopic (exact) mass is 315 g/mol. The molecule has 112 valence electrons. The number of hydrogen-bond acceptors (Lipinski definition) is 3. The molecule has 8 heteroatoms. The molecular formula is C13H12F3N3OS. The Morgan fingerprint density at radius 1 is 1.33 bits per heavy atom. The van der Waals surface area contributed by atoms with Gasteiger partial charge >= 0.3 is 5.51 Å². The molecule has 0 radical (unpaired) electrons. The van der Waals surface area contributed by atoms with Crippen LogP contribution in [0.5, 0.6) is 0 Å². The van der Waals surface area contributed by atoms with Crippen LogP contribution in [0.15, 0.2) is 41.6 Å². The second kappa shape index (κ2) is 6.66. The lowest BCUT2D eigenvalue weighted by molar-refractivity contribution is -0.0328. The summed E-state index contributed by atoms with van der Waals surface area (Å²) in [7, 11) is 0. The summed E-state index contributed by atoms with van der Waals surface area (Å²) in [6.45, 7) is 0.289. The molecule has 0 bridgehead atoms. The molecule has 0 unspecified atom stereocenters. The molecule has 4 nitrogen and oxygen atoms in total. The summed E-state index contributed by atoms with van der Waals surface area (Å²) in [6.07, 6.45) is 3.73. The summed E-state index contributed by atoms with van der Waals surface area (Å²) in [5.41, 5.74) is -4.41. The van der Waals surface area contributed by atoms with Crippen LogP contribution in [0.1, 0.15) is 16.2 Å². The Morgan fingerprint density at radius 2 is 2.10 bits per heavy atom. The van der Waals surface area contributed by atoms with Gasteiger partial charge in [-0.15, -0.1) is 0 Å². The van der Waals surface area contributed by atoms with Crippen LogP contribution < -0.4 is 5.32 Å². The summed E-state index contributed by atoms with van der Waals surface area (Å²) >= 11 is -0.292. The van der Waals surface area contributed by atoms with Gasteiger partial charge in [-0.1, -0.05) is 12.1 Å². The summed E-state index contributed by atoms with van der Waals surface area (Å²) < 4.78 is 37.3. The average molecular weight is 315 g/mol. The minimum absolute atomic E-state index is 0.0132. The third-order valence-electron chi connectivity index (χ3n) is 2.56. The highest BCUT2D eigenvalue weighted by atomic mass is 32.2. The van der Waals surface area contributed by atoms with E-state index < -0.39 is 11.4 Å². The van der Waals surface area contributed by atoms with Gasteiger partial charge in [0.05, 0.1) is 5.56 Å². The minimum atomic E-state index is -4.43. The lowest BCUT2D eigenvalue weighted by atomic mass is 10.2. The Bertz CT molecular complexity index is 599.